The van der Waals surface area contributed by atoms with Gasteiger partial charge in [0, 0.05) is 6.42 Å². The average molecular weight is 365 g/mol. The fourth-order valence-electron chi connectivity index (χ4n) is 2.22. The van der Waals surface area contributed by atoms with Crippen LogP contribution in [0.4, 0.5) is 13.2 Å². The molecule has 23 heavy (non-hydrogen) atoms. The molecule has 124 valence electrons. The van der Waals surface area contributed by atoms with Crippen molar-refractivity contribution in [3.63, 3.8) is 0 Å². The SMILES string of the molecule is O=S(=O)(c1ccccc1)C1CC(O)(C(F)(F)F)N=C2SC=NN21. The van der Waals surface area contributed by atoms with Crippen molar-refractivity contribution in [1.82, 2.24) is 5.01 Å². The lowest BCUT2D eigenvalue weighted by Crippen LogP contribution is -2.55. The van der Waals surface area contributed by atoms with E-state index in [9.17, 15) is 26.7 Å². The predicted molar refractivity (Wildman–Crippen MR) is 78.4 cm³/mol. The number of fused-ring (bicyclic) bond motifs is 1. The highest BCUT2D eigenvalue weighted by Gasteiger charge is 2.61. The van der Waals surface area contributed by atoms with Gasteiger partial charge in [-0.05, 0) is 23.9 Å². The highest BCUT2D eigenvalue weighted by molar-refractivity contribution is 8.25. The lowest BCUT2D eigenvalue weighted by atomic mass is 10.1. The summed E-state index contributed by atoms with van der Waals surface area (Å²) < 4.78 is 64.8. The average Bonchev–Trinajstić information content (AvgIpc) is 2.94. The quantitative estimate of drug-likeness (QED) is 0.864. The van der Waals surface area contributed by atoms with E-state index >= 15 is 0 Å². The third-order valence-corrected chi connectivity index (χ3v) is 6.12. The van der Waals surface area contributed by atoms with Crippen LogP contribution >= 0.6 is 11.8 Å². The number of nitrogens with zero attached hydrogens (tertiary/aromatic N) is 3. The first-order valence-corrected chi connectivity index (χ1v) is 8.74. The van der Waals surface area contributed by atoms with Gasteiger partial charge in [-0.25, -0.2) is 18.4 Å². The van der Waals surface area contributed by atoms with Crippen molar-refractivity contribution < 1.29 is 26.7 Å². The van der Waals surface area contributed by atoms with Crippen LogP contribution < -0.4 is 0 Å². The summed E-state index contributed by atoms with van der Waals surface area (Å²) in [5.41, 5.74) is -2.29. The number of thioether (sulfide) groups is 1. The van der Waals surface area contributed by atoms with Crippen LogP contribution in [0.3, 0.4) is 0 Å². The predicted octanol–water partition coefficient (Wildman–Crippen LogP) is 1.79. The van der Waals surface area contributed by atoms with Crippen LogP contribution in [0, 0.1) is 0 Å². The molecule has 0 amide bonds. The number of hydrogen-bond acceptors (Lipinski definition) is 7. The topological polar surface area (TPSA) is 82.3 Å². The van der Waals surface area contributed by atoms with E-state index in [1.807, 2.05) is 0 Å². The summed E-state index contributed by atoms with van der Waals surface area (Å²) in [7, 11) is -4.19. The van der Waals surface area contributed by atoms with Gasteiger partial charge in [0.2, 0.25) is 9.84 Å². The zero-order valence-electron chi connectivity index (χ0n) is 11.3. The lowest BCUT2D eigenvalue weighted by Gasteiger charge is -2.37. The molecule has 0 bridgehead atoms. The number of benzene rings is 1. The maximum Gasteiger partial charge on any atom is 0.438 e. The standard InChI is InChI=1S/C12H10F3N3O3S2/c13-12(14,15)11(19)6-9(18-10(17-11)22-7-16-18)23(20,21)8-4-2-1-3-5-8/h1-5,7,9,19H,6H2. The van der Waals surface area contributed by atoms with E-state index in [0.29, 0.717) is 0 Å². The van der Waals surface area contributed by atoms with Crippen LogP contribution in [-0.2, 0) is 9.84 Å². The van der Waals surface area contributed by atoms with Crippen LogP contribution in [0.1, 0.15) is 6.42 Å². The molecule has 1 aromatic carbocycles. The van der Waals surface area contributed by atoms with Crippen molar-refractivity contribution in [3.05, 3.63) is 30.3 Å². The molecule has 0 fully saturated rings. The molecule has 3 rings (SSSR count). The maximum atomic E-state index is 13.1. The summed E-state index contributed by atoms with van der Waals surface area (Å²) in [6.07, 6.45) is -6.26. The van der Waals surface area contributed by atoms with Crippen LogP contribution in [-0.4, -0.2) is 46.5 Å². The van der Waals surface area contributed by atoms with E-state index in [4.69, 9.17) is 0 Å². The Balaban J connectivity index is 2.09. The highest BCUT2D eigenvalue weighted by atomic mass is 32.2. The number of rotatable bonds is 2. The molecule has 0 saturated heterocycles. The lowest BCUT2D eigenvalue weighted by molar-refractivity contribution is -0.262. The zero-order valence-corrected chi connectivity index (χ0v) is 12.9. The van der Waals surface area contributed by atoms with Crippen LogP contribution in [0.5, 0.6) is 0 Å². The molecule has 0 saturated carbocycles. The van der Waals surface area contributed by atoms with Crippen LogP contribution in [0.25, 0.3) is 0 Å². The molecular weight excluding hydrogens is 355 g/mol. The summed E-state index contributed by atoms with van der Waals surface area (Å²) in [5, 5.41) is 12.5. The van der Waals surface area contributed by atoms with Gasteiger partial charge >= 0.3 is 6.18 Å². The van der Waals surface area contributed by atoms with Crippen LogP contribution in [0.2, 0.25) is 0 Å². The minimum absolute atomic E-state index is 0.150. The molecule has 2 aliphatic heterocycles. The second-order valence-electron chi connectivity index (χ2n) is 4.91. The summed E-state index contributed by atoms with van der Waals surface area (Å²) in [6.45, 7) is 0. The van der Waals surface area contributed by atoms with Gasteiger partial charge in [-0.2, -0.15) is 18.3 Å². The van der Waals surface area contributed by atoms with Crippen molar-refractivity contribution in [2.75, 3.05) is 0 Å². The molecule has 0 radical (unpaired) electrons. The van der Waals surface area contributed by atoms with E-state index < -0.39 is 33.5 Å². The van der Waals surface area contributed by atoms with E-state index in [0.717, 1.165) is 16.8 Å². The van der Waals surface area contributed by atoms with E-state index in [1.165, 1.54) is 29.8 Å². The van der Waals surface area contributed by atoms with Gasteiger partial charge in [-0.1, -0.05) is 18.2 Å². The number of halogens is 3. The summed E-state index contributed by atoms with van der Waals surface area (Å²) in [5.74, 6) is 0. The second kappa shape index (κ2) is 5.21. The fraction of sp³-hybridized carbons (Fsp3) is 0.333. The monoisotopic (exact) mass is 365 g/mol. The first kappa shape index (κ1) is 16.3. The summed E-state index contributed by atoms with van der Waals surface area (Å²) in [6, 6.07) is 7.06. The zero-order chi connectivity index (χ0) is 16.9. The molecule has 2 heterocycles. The Bertz CT molecular complexity index is 780. The Labute approximate surface area is 133 Å². The van der Waals surface area contributed by atoms with Gasteiger partial charge in [-0.15, -0.1) is 0 Å². The second-order valence-corrected chi connectivity index (χ2v) is 7.83. The minimum atomic E-state index is -5.10. The Kier molecular flexibility index (Phi) is 3.69. The molecule has 0 spiro atoms. The molecule has 2 atom stereocenters. The normalized spacial score (nSPS) is 27.7. The van der Waals surface area contributed by atoms with E-state index in [1.54, 1.807) is 6.07 Å². The largest absolute Gasteiger partial charge is 0.438 e. The Morgan fingerprint density at radius 3 is 2.57 bits per heavy atom. The third-order valence-electron chi connectivity index (χ3n) is 3.42. The van der Waals surface area contributed by atoms with Crippen molar-refractivity contribution >= 4 is 32.3 Å². The molecule has 0 aromatic heterocycles. The number of aliphatic hydroxyl groups is 1. The molecule has 1 N–H and O–H groups in total. The maximum absolute atomic E-state index is 13.1. The van der Waals surface area contributed by atoms with E-state index in [-0.39, 0.29) is 10.1 Å². The number of alkyl halides is 3. The Morgan fingerprint density at radius 1 is 1.30 bits per heavy atom. The van der Waals surface area contributed by atoms with E-state index in [2.05, 4.69) is 10.1 Å². The fourth-order valence-corrected chi connectivity index (χ4v) is 4.74. The first-order valence-electron chi connectivity index (χ1n) is 6.31. The van der Waals surface area contributed by atoms with Gasteiger partial charge in [0.05, 0.1) is 10.4 Å². The Morgan fingerprint density at radius 2 is 1.96 bits per heavy atom. The number of amidine groups is 1. The third kappa shape index (κ3) is 2.62. The molecule has 0 aliphatic carbocycles. The van der Waals surface area contributed by atoms with Crippen molar-refractivity contribution in [2.24, 2.45) is 10.1 Å². The highest BCUT2D eigenvalue weighted by Crippen LogP contribution is 2.43. The number of hydrazone groups is 1. The van der Waals surface area contributed by atoms with Crippen molar-refractivity contribution in [2.45, 2.75) is 28.6 Å². The Hall–Kier alpha value is -1.59. The smallest absolute Gasteiger partial charge is 0.362 e. The molecule has 2 unspecified atom stereocenters. The van der Waals surface area contributed by atoms with Gasteiger partial charge in [-0.3, -0.25) is 0 Å². The van der Waals surface area contributed by atoms with Gasteiger partial charge < -0.3 is 5.11 Å². The first-order chi connectivity index (χ1) is 10.7. The molecular formula is C12H10F3N3O3S2. The summed E-state index contributed by atoms with van der Waals surface area (Å²) in [4.78, 5) is 3.10. The molecule has 11 heteroatoms. The number of aliphatic imine (C=N–C) groups is 1. The molecule has 6 nitrogen and oxygen atoms in total. The van der Waals surface area contributed by atoms with Crippen molar-refractivity contribution in [3.8, 4) is 0 Å². The summed E-state index contributed by atoms with van der Waals surface area (Å²) >= 11 is 0.720. The van der Waals surface area contributed by atoms with Gasteiger partial charge in [0.1, 0.15) is 0 Å². The molecule has 2 aliphatic rings. The number of hydrogen-bond donors (Lipinski definition) is 1. The molecule has 1 aromatic rings. The number of sulfone groups is 1. The van der Waals surface area contributed by atoms with Crippen LogP contribution in [0.15, 0.2) is 45.3 Å². The van der Waals surface area contributed by atoms with Gasteiger partial charge in [0.25, 0.3) is 5.72 Å². The minimum Gasteiger partial charge on any atom is -0.362 e. The van der Waals surface area contributed by atoms with Gasteiger partial charge in [0.15, 0.2) is 10.5 Å². The van der Waals surface area contributed by atoms with Crippen molar-refractivity contribution in [1.29, 1.82) is 0 Å².